The predicted molar refractivity (Wildman–Crippen MR) is 70.4 cm³/mol. The van der Waals surface area contributed by atoms with Crippen molar-refractivity contribution in [2.75, 3.05) is 13.1 Å². The van der Waals surface area contributed by atoms with Gasteiger partial charge in [-0.3, -0.25) is 9.59 Å². The number of hydrogen-bond acceptors (Lipinski definition) is 2. The van der Waals surface area contributed by atoms with Crippen LogP contribution in [0, 0.1) is 0 Å². The zero-order chi connectivity index (χ0) is 12.8. The van der Waals surface area contributed by atoms with E-state index in [1.165, 1.54) is 0 Å². The van der Waals surface area contributed by atoms with E-state index in [0.29, 0.717) is 13.0 Å². The van der Waals surface area contributed by atoms with Crippen molar-refractivity contribution in [3.63, 3.8) is 0 Å². The Morgan fingerprint density at radius 3 is 2.67 bits per heavy atom. The molecule has 0 saturated carbocycles. The van der Waals surface area contributed by atoms with Crippen molar-refractivity contribution in [2.45, 2.75) is 38.6 Å². The molecule has 1 aliphatic rings. The Labute approximate surface area is 107 Å². The van der Waals surface area contributed by atoms with E-state index in [1.807, 2.05) is 11.0 Å². The quantitative estimate of drug-likeness (QED) is 0.743. The van der Waals surface area contributed by atoms with Crippen LogP contribution >= 0.6 is 0 Å². The maximum absolute atomic E-state index is 11.8. The van der Waals surface area contributed by atoms with Crippen LogP contribution in [0.2, 0.25) is 0 Å². The van der Waals surface area contributed by atoms with E-state index in [1.54, 1.807) is 22.9 Å². The van der Waals surface area contributed by atoms with Crippen molar-refractivity contribution in [3.05, 3.63) is 34.7 Å². The number of carbonyl (C=O) groups is 1. The SMILES string of the molecule is O=C(CCCCn1ccccc1=O)N1CCCC1. The minimum Gasteiger partial charge on any atom is -0.343 e. The molecule has 2 heterocycles. The van der Waals surface area contributed by atoms with Gasteiger partial charge in [0, 0.05) is 38.3 Å². The van der Waals surface area contributed by atoms with Crippen molar-refractivity contribution in [3.8, 4) is 0 Å². The number of nitrogens with zero attached hydrogens (tertiary/aromatic N) is 2. The average molecular weight is 248 g/mol. The standard InChI is InChI=1S/C14H20N2O2/c17-13-7-1-3-9-15(13)10-4-2-8-14(18)16-11-5-6-12-16/h1,3,7,9H,2,4-6,8,10-12H2. The molecule has 1 aromatic rings. The van der Waals surface area contributed by atoms with Gasteiger partial charge in [0.2, 0.25) is 11.5 Å². The molecule has 1 saturated heterocycles. The lowest BCUT2D eigenvalue weighted by Crippen LogP contribution is -2.27. The fourth-order valence-corrected chi connectivity index (χ4v) is 2.33. The van der Waals surface area contributed by atoms with Crippen LogP contribution in [0.15, 0.2) is 29.2 Å². The number of pyridine rings is 1. The normalized spacial score (nSPS) is 15.0. The Morgan fingerprint density at radius 1 is 1.17 bits per heavy atom. The third-order valence-corrected chi connectivity index (χ3v) is 3.40. The first-order valence-corrected chi connectivity index (χ1v) is 6.70. The number of unbranched alkanes of at least 4 members (excludes halogenated alkanes) is 1. The minimum absolute atomic E-state index is 0.0309. The number of amides is 1. The summed E-state index contributed by atoms with van der Waals surface area (Å²) in [6.45, 7) is 2.56. The molecule has 2 rings (SSSR count). The van der Waals surface area contributed by atoms with E-state index in [0.717, 1.165) is 38.8 Å². The zero-order valence-electron chi connectivity index (χ0n) is 10.7. The Morgan fingerprint density at radius 2 is 1.94 bits per heavy atom. The van der Waals surface area contributed by atoms with Gasteiger partial charge in [-0.2, -0.15) is 0 Å². The number of aromatic nitrogens is 1. The second-order valence-electron chi connectivity index (χ2n) is 4.78. The van der Waals surface area contributed by atoms with E-state index in [4.69, 9.17) is 0 Å². The fourth-order valence-electron chi connectivity index (χ4n) is 2.33. The Hall–Kier alpha value is -1.58. The number of carbonyl (C=O) groups excluding carboxylic acids is 1. The van der Waals surface area contributed by atoms with Crippen molar-refractivity contribution >= 4 is 5.91 Å². The van der Waals surface area contributed by atoms with Crippen molar-refractivity contribution in [1.82, 2.24) is 9.47 Å². The molecule has 1 fully saturated rings. The summed E-state index contributed by atoms with van der Waals surface area (Å²) in [6.07, 6.45) is 6.43. The lowest BCUT2D eigenvalue weighted by Gasteiger charge is -2.14. The molecule has 0 unspecified atom stereocenters. The van der Waals surface area contributed by atoms with E-state index in [9.17, 15) is 9.59 Å². The summed E-state index contributed by atoms with van der Waals surface area (Å²) >= 11 is 0. The highest BCUT2D eigenvalue weighted by atomic mass is 16.2. The highest BCUT2D eigenvalue weighted by molar-refractivity contribution is 5.76. The number of likely N-dealkylation sites (tertiary alicyclic amines) is 1. The zero-order valence-corrected chi connectivity index (χ0v) is 10.7. The van der Waals surface area contributed by atoms with Crippen LogP contribution in [-0.4, -0.2) is 28.5 Å². The van der Waals surface area contributed by atoms with E-state index in [-0.39, 0.29) is 11.5 Å². The van der Waals surface area contributed by atoms with Crippen LogP contribution in [0.4, 0.5) is 0 Å². The first-order valence-electron chi connectivity index (χ1n) is 6.70. The molecule has 4 heteroatoms. The number of aryl methyl sites for hydroxylation is 1. The van der Waals surface area contributed by atoms with Crippen molar-refractivity contribution in [2.24, 2.45) is 0 Å². The molecule has 4 nitrogen and oxygen atoms in total. The van der Waals surface area contributed by atoms with Gasteiger partial charge in [-0.25, -0.2) is 0 Å². The summed E-state index contributed by atoms with van der Waals surface area (Å²) in [5.74, 6) is 0.271. The summed E-state index contributed by atoms with van der Waals surface area (Å²) in [6, 6.07) is 5.17. The molecule has 0 N–H and O–H groups in total. The van der Waals surface area contributed by atoms with E-state index >= 15 is 0 Å². The lowest BCUT2D eigenvalue weighted by molar-refractivity contribution is -0.130. The van der Waals surface area contributed by atoms with Gasteiger partial charge in [-0.1, -0.05) is 6.07 Å². The first kappa shape index (κ1) is 12.9. The maximum atomic E-state index is 11.8. The Kier molecular flexibility index (Phi) is 4.56. The van der Waals surface area contributed by atoms with E-state index in [2.05, 4.69) is 0 Å². The summed E-state index contributed by atoms with van der Waals surface area (Å²) < 4.78 is 1.69. The minimum atomic E-state index is 0.0309. The summed E-state index contributed by atoms with van der Waals surface area (Å²) in [4.78, 5) is 25.2. The summed E-state index contributed by atoms with van der Waals surface area (Å²) in [5.41, 5.74) is 0.0309. The molecule has 0 spiro atoms. The molecule has 98 valence electrons. The van der Waals surface area contributed by atoms with Gasteiger partial charge < -0.3 is 9.47 Å². The van der Waals surface area contributed by atoms with Crippen LogP contribution in [0.25, 0.3) is 0 Å². The van der Waals surface area contributed by atoms with Gasteiger partial charge in [0.05, 0.1) is 0 Å². The second-order valence-corrected chi connectivity index (χ2v) is 4.78. The third-order valence-electron chi connectivity index (χ3n) is 3.40. The predicted octanol–water partition coefficient (Wildman–Crippen LogP) is 1.64. The van der Waals surface area contributed by atoms with E-state index < -0.39 is 0 Å². The molecular formula is C14H20N2O2. The molecule has 0 atom stereocenters. The fraction of sp³-hybridized carbons (Fsp3) is 0.571. The monoisotopic (exact) mass is 248 g/mol. The Balaban J connectivity index is 1.68. The molecule has 1 aliphatic heterocycles. The van der Waals surface area contributed by atoms with Gasteiger partial charge in [-0.15, -0.1) is 0 Å². The third kappa shape index (κ3) is 3.45. The average Bonchev–Trinajstić information content (AvgIpc) is 2.90. The lowest BCUT2D eigenvalue weighted by atomic mass is 10.2. The molecule has 0 bridgehead atoms. The van der Waals surface area contributed by atoms with Crippen LogP contribution < -0.4 is 5.56 Å². The van der Waals surface area contributed by atoms with Crippen LogP contribution in [0.5, 0.6) is 0 Å². The van der Waals surface area contributed by atoms with Crippen molar-refractivity contribution < 1.29 is 4.79 Å². The van der Waals surface area contributed by atoms with Crippen LogP contribution in [-0.2, 0) is 11.3 Å². The summed E-state index contributed by atoms with van der Waals surface area (Å²) in [7, 11) is 0. The molecule has 1 amide bonds. The molecular weight excluding hydrogens is 228 g/mol. The molecule has 0 aliphatic carbocycles. The first-order chi connectivity index (χ1) is 8.77. The van der Waals surface area contributed by atoms with Gasteiger partial charge in [0.1, 0.15) is 0 Å². The van der Waals surface area contributed by atoms with Gasteiger partial charge in [-0.05, 0) is 31.7 Å². The number of hydrogen-bond donors (Lipinski definition) is 0. The van der Waals surface area contributed by atoms with Crippen LogP contribution in [0.3, 0.4) is 0 Å². The smallest absolute Gasteiger partial charge is 0.250 e. The Bertz CT molecular complexity index is 447. The highest BCUT2D eigenvalue weighted by Gasteiger charge is 2.16. The highest BCUT2D eigenvalue weighted by Crippen LogP contribution is 2.10. The topological polar surface area (TPSA) is 42.3 Å². The molecule has 1 aromatic heterocycles. The largest absolute Gasteiger partial charge is 0.343 e. The molecule has 0 aromatic carbocycles. The molecule has 18 heavy (non-hydrogen) atoms. The molecule has 0 radical (unpaired) electrons. The van der Waals surface area contributed by atoms with Gasteiger partial charge >= 0.3 is 0 Å². The number of rotatable bonds is 5. The van der Waals surface area contributed by atoms with Gasteiger partial charge in [0.15, 0.2) is 0 Å². The van der Waals surface area contributed by atoms with Crippen LogP contribution in [0.1, 0.15) is 32.1 Å². The summed E-state index contributed by atoms with van der Waals surface area (Å²) in [5, 5.41) is 0. The van der Waals surface area contributed by atoms with Crippen molar-refractivity contribution in [1.29, 1.82) is 0 Å². The van der Waals surface area contributed by atoms with Gasteiger partial charge in [0.25, 0.3) is 0 Å². The second kappa shape index (κ2) is 6.38. The maximum Gasteiger partial charge on any atom is 0.250 e.